The molecule has 1 aromatic rings. The van der Waals surface area contributed by atoms with Crippen LogP contribution in [0.3, 0.4) is 0 Å². The number of esters is 1. The van der Waals surface area contributed by atoms with Gasteiger partial charge in [-0.25, -0.2) is 4.99 Å². The third-order valence-corrected chi connectivity index (χ3v) is 3.67. The van der Waals surface area contributed by atoms with Crippen LogP contribution in [0.15, 0.2) is 29.3 Å². The number of benzene rings is 1. The SMILES string of the molecule is CCNC(=NCc1ccc(OCC(F)(F)F)cc1)NCCCCCC(=O)OC.I. The Balaban J connectivity index is 0.00000784. The van der Waals surface area contributed by atoms with Gasteiger partial charge in [0.15, 0.2) is 12.6 Å². The molecule has 0 bridgehead atoms. The Morgan fingerprint density at radius 1 is 1.10 bits per heavy atom. The molecule has 0 spiro atoms. The molecule has 0 fully saturated rings. The number of nitrogens with one attached hydrogen (secondary N) is 2. The molecule has 0 heterocycles. The molecule has 1 aromatic carbocycles. The number of aliphatic imine (C=N–C) groups is 1. The van der Waals surface area contributed by atoms with Crippen molar-refractivity contribution in [3.63, 3.8) is 0 Å². The van der Waals surface area contributed by atoms with Crippen molar-refractivity contribution in [2.24, 2.45) is 4.99 Å². The van der Waals surface area contributed by atoms with Gasteiger partial charge in [-0.3, -0.25) is 4.79 Å². The van der Waals surface area contributed by atoms with Crippen LogP contribution in [-0.4, -0.2) is 44.9 Å². The molecule has 0 aliphatic rings. The van der Waals surface area contributed by atoms with E-state index in [1.54, 1.807) is 12.1 Å². The standard InChI is InChI=1S/C19H28F3N3O3.HI/c1-3-23-18(24-12-6-4-5-7-17(26)27-2)25-13-15-8-10-16(11-9-15)28-14-19(20,21)22;/h8-11H,3-7,12-14H2,1-2H3,(H2,23,24,25);1H. The second kappa shape index (κ2) is 15.2. The number of guanidine groups is 1. The Labute approximate surface area is 186 Å². The summed E-state index contributed by atoms with van der Waals surface area (Å²) in [7, 11) is 1.38. The summed E-state index contributed by atoms with van der Waals surface area (Å²) in [4.78, 5) is 15.5. The van der Waals surface area contributed by atoms with Gasteiger partial charge in [0.05, 0.1) is 13.7 Å². The molecule has 10 heteroatoms. The first-order valence-corrected chi connectivity index (χ1v) is 9.21. The summed E-state index contributed by atoms with van der Waals surface area (Å²) in [5.74, 6) is 0.632. The second-order valence-corrected chi connectivity index (χ2v) is 6.06. The number of hydrogen-bond donors (Lipinski definition) is 2. The van der Waals surface area contributed by atoms with Crippen molar-refractivity contribution in [2.45, 2.75) is 45.3 Å². The first-order valence-electron chi connectivity index (χ1n) is 9.21. The lowest BCUT2D eigenvalue weighted by atomic mass is 10.2. The van der Waals surface area contributed by atoms with E-state index in [-0.39, 0.29) is 35.7 Å². The van der Waals surface area contributed by atoms with E-state index in [9.17, 15) is 18.0 Å². The van der Waals surface area contributed by atoms with Crippen molar-refractivity contribution >= 4 is 35.9 Å². The summed E-state index contributed by atoms with van der Waals surface area (Å²) in [6.07, 6.45) is -1.35. The first kappa shape index (κ1) is 27.3. The molecule has 0 unspecified atom stereocenters. The molecule has 0 aliphatic heterocycles. The van der Waals surface area contributed by atoms with Gasteiger partial charge in [0, 0.05) is 19.5 Å². The topological polar surface area (TPSA) is 72.0 Å². The van der Waals surface area contributed by atoms with E-state index >= 15 is 0 Å². The van der Waals surface area contributed by atoms with Crippen molar-refractivity contribution < 1.29 is 27.4 Å². The molecule has 0 saturated carbocycles. The Bertz CT molecular complexity index is 611. The Hall–Kier alpha value is -1.72. The van der Waals surface area contributed by atoms with Crippen LogP contribution in [0, 0.1) is 0 Å². The fraction of sp³-hybridized carbons (Fsp3) is 0.579. The summed E-state index contributed by atoms with van der Waals surface area (Å²) in [5.41, 5.74) is 0.856. The largest absolute Gasteiger partial charge is 0.484 e. The summed E-state index contributed by atoms with van der Waals surface area (Å²) < 4.78 is 45.7. The van der Waals surface area contributed by atoms with Crippen molar-refractivity contribution in [1.29, 1.82) is 0 Å². The summed E-state index contributed by atoms with van der Waals surface area (Å²) >= 11 is 0. The number of hydrogen-bond acceptors (Lipinski definition) is 4. The molecule has 2 N–H and O–H groups in total. The Morgan fingerprint density at radius 3 is 2.38 bits per heavy atom. The third-order valence-electron chi connectivity index (χ3n) is 3.67. The molecule has 0 radical (unpaired) electrons. The van der Waals surface area contributed by atoms with E-state index in [0.717, 1.165) is 31.4 Å². The van der Waals surface area contributed by atoms with Crippen molar-refractivity contribution in [3.8, 4) is 5.75 Å². The quantitative estimate of drug-likeness (QED) is 0.148. The molecular formula is C19H29F3IN3O3. The molecule has 0 aliphatic carbocycles. The van der Waals surface area contributed by atoms with Crippen molar-refractivity contribution in [1.82, 2.24) is 10.6 Å². The predicted molar refractivity (Wildman–Crippen MR) is 117 cm³/mol. The second-order valence-electron chi connectivity index (χ2n) is 6.06. The van der Waals surface area contributed by atoms with Gasteiger partial charge in [0.25, 0.3) is 0 Å². The molecule has 6 nitrogen and oxygen atoms in total. The zero-order valence-corrected chi connectivity index (χ0v) is 19.0. The number of rotatable bonds is 11. The van der Waals surface area contributed by atoms with Gasteiger partial charge in [-0.15, -0.1) is 24.0 Å². The fourth-order valence-electron chi connectivity index (χ4n) is 2.25. The van der Waals surface area contributed by atoms with Gasteiger partial charge in [-0.2, -0.15) is 13.2 Å². The van der Waals surface area contributed by atoms with Crippen LogP contribution in [0.4, 0.5) is 13.2 Å². The average Bonchev–Trinajstić information content (AvgIpc) is 2.67. The third kappa shape index (κ3) is 14.0. The number of ether oxygens (including phenoxy) is 2. The molecule has 0 aromatic heterocycles. The maximum Gasteiger partial charge on any atom is 0.422 e. The van der Waals surface area contributed by atoms with E-state index in [2.05, 4.69) is 25.1 Å². The Kier molecular flexibility index (Phi) is 14.3. The highest BCUT2D eigenvalue weighted by Crippen LogP contribution is 2.19. The maximum atomic E-state index is 12.1. The molecule has 0 amide bonds. The lowest BCUT2D eigenvalue weighted by molar-refractivity contribution is -0.153. The minimum Gasteiger partial charge on any atom is -0.484 e. The van der Waals surface area contributed by atoms with Crippen LogP contribution in [0.2, 0.25) is 0 Å². The average molecular weight is 531 g/mol. The fourth-order valence-corrected chi connectivity index (χ4v) is 2.25. The highest BCUT2D eigenvalue weighted by Gasteiger charge is 2.28. The number of unbranched alkanes of at least 4 members (excludes halogenated alkanes) is 2. The van der Waals surface area contributed by atoms with Crippen LogP contribution in [-0.2, 0) is 16.1 Å². The highest BCUT2D eigenvalue weighted by molar-refractivity contribution is 14.0. The van der Waals surface area contributed by atoms with Gasteiger partial charge in [0.2, 0.25) is 0 Å². The van der Waals surface area contributed by atoms with Crippen LogP contribution >= 0.6 is 24.0 Å². The van der Waals surface area contributed by atoms with Crippen LogP contribution < -0.4 is 15.4 Å². The predicted octanol–water partition coefficient (Wildman–Crippen LogP) is 4.03. The normalized spacial score (nSPS) is 11.4. The maximum absolute atomic E-state index is 12.1. The Morgan fingerprint density at radius 2 is 1.79 bits per heavy atom. The molecule has 0 atom stereocenters. The molecular weight excluding hydrogens is 502 g/mol. The first-order chi connectivity index (χ1) is 13.3. The molecule has 29 heavy (non-hydrogen) atoms. The monoisotopic (exact) mass is 531 g/mol. The van der Waals surface area contributed by atoms with E-state index < -0.39 is 12.8 Å². The smallest absolute Gasteiger partial charge is 0.422 e. The summed E-state index contributed by atoms with van der Waals surface area (Å²) in [5, 5.41) is 6.35. The summed E-state index contributed by atoms with van der Waals surface area (Å²) in [6, 6.07) is 6.37. The van der Waals surface area contributed by atoms with E-state index in [0.29, 0.717) is 25.5 Å². The van der Waals surface area contributed by atoms with Crippen molar-refractivity contribution in [2.75, 3.05) is 26.8 Å². The number of alkyl halides is 3. The van der Waals surface area contributed by atoms with Crippen LogP contribution in [0.1, 0.15) is 38.2 Å². The van der Waals surface area contributed by atoms with E-state index in [1.807, 2.05) is 6.92 Å². The van der Waals surface area contributed by atoms with E-state index in [1.165, 1.54) is 19.2 Å². The highest BCUT2D eigenvalue weighted by atomic mass is 127. The zero-order valence-electron chi connectivity index (χ0n) is 16.7. The number of carbonyl (C=O) groups is 1. The van der Waals surface area contributed by atoms with Crippen molar-refractivity contribution in [3.05, 3.63) is 29.8 Å². The number of methoxy groups -OCH3 is 1. The van der Waals surface area contributed by atoms with Gasteiger partial charge >= 0.3 is 12.1 Å². The molecule has 0 saturated heterocycles. The summed E-state index contributed by atoms with van der Waals surface area (Å²) in [6.45, 7) is 2.46. The van der Waals surface area contributed by atoms with Gasteiger partial charge in [-0.1, -0.05) is 18.6 Å². The lowest BCUT2D eigenvalue weighted by Crippen LogP contribution is -2.37. The molecule has 1 rings (SSSR count). The minimum atomic E-state index is -4.35. The van der Waals surface area contributed by atoms with E-state index in [4.69, 9.17) is 0 Å². The lowest BCUT2D eigenvalue weighted by Gasteiger charge is -2.11. The number of carbonyl (C=O) groups excluding carboxylic acids is 1. The van der Waals surface area contributed by atoms with Gasteiger partial charge in [0.1, 0.15) is 5.75 Å². The van der Waals surface area contributed by atoms with Gasteiger partial charge in [-0.05, 0) is 37.5 Å². The number of nitrogens with zero attached hydrogens (tertiary/aromatic N) is 1. The van der Waals surface area contributed by atoms with Crippen LogP contribution in [0.25, 0.3) is 0 Å². The molecule has 166 valence electrons. The minimum absolute atomic E-state index is 0. The van der Waals surface area contributed by atoms with Gasteiger partial charge < -0.3 is 20.1 Å². The zero-order chi connectivity index (χ0) is 20.8. The van der Waals surface area contributed by atoms with Crippen LogP contribution in [0.5, 0.6) is 5.75 Å². The number of halogens is 4.